The number of hydrogen-bond acceptors (Lipinski definition) is 2. The van der Waals surface area contributed by atoms with Crippen LogP contribution in [0.5, 0.6) is 0 Å². The van der Waals surface area contributed by atoms with Crippen LogP contribution in [0.3, 0.4) is 0 Å². The first kappa shape index (κ1) is 11.7. The first-order chi connectivity index (χ1) is 9.11. The van der Waals surface area contributed by atoms with Crippen molar-refractivity contribution in [3.63, 3.8) is 0 Å². The minimum Gasteiger partial charge on any atom is -0.293 e. The summed E-state index contributed by atoms with van der Waals surface area (Å²) in [6, 6.07) is 9.82. The molecule has 0 amide bonds. The topological polar surface area (TPSA) is 34.1 Å². The van der Waals surface area contributed by atoms with Gasteiger partial charge in [-0.2, -0.15) is 0 Å². The summed E-state index contributed by atoms with van der Waals surface area (Å²) in [6.07, 6.45) is 0. The Labute approximate surface area is 107 Å². The second kappa shape index (κ2) is 4.09. The molecule has 2 aromatic carbocycles. The minimum atomic E-state index is -1.27. The lowest BCUT2D eigenvalue weighted by Crippen LogP contribution is -2.15. The van der Waals surface area contributed by atoms with Gasteiger partial charge in [0.25, 0.3) is 0 Å². The van der Waals surface area contributed by atoms with Gasteiger partial charge >= 0.3 is 0 Å². The molecule has 0 atom stereocenters. The first-order valence-corrected chi connectivity index (χ1v) is 5.72. The number of rotatable bonds is 1. The van der Waals surface area contributed by atoms with E-state index in [9.17, 15) is 18.4 Å². The van der Waals surface area contributed by atoms with Gasteiger partial charge in [-0.05, 0) is 6.07 Å². The number of Topliss-reactive ketones (excluding diaryl/α,β-unsaturated/α-hetero) is 2. The molecule has 3 rings (SSSR count). The summed E-state index contributed by atoms with van der Waals surface area (Å²) in [5.74, 6) is -4.43. The van der Waals surface area contributed by atoms with E-state index in [0.29, 0.717) is 0 Å². The van der Waals surface area contributed by atoms with E-state index in [1.165, 1.54) is 24.3 Å². The summed E-state index contributed by atoms with van der Waals surface area (Å²) in [6.45, 7) is 0. The number of benzene rings is 2. The number of halogens is 2. The summed E-state index contributed by atoms with van der Waals surface area (Å²) in [5.41, 5.74) is 0.327. The Hall–Kier alpha value is -2.36. The summed E-state index contributed by atoms with van der Waals surface area (Å²) < 4.78 is 27.0. The number of ketones is 2. The molecule has 0 unspecified atom stereocenters. The van der Waals surface area contributed by atoms with Crippen LogP contribution in [0.2, 0.25) is 0 Å². The van der Waals surface area contributed by atoms with Gasteiger partial charge in [-0.1, -0.05) is 36.4 Å². The smallest absolute Gasteiger partial charge is 0.178 e. The van der Waals surface area contributed by atoms with E-state index >= 15 is 0 Å². The highest BCUT2D eigenvalue weighted by atomic mass is 19.2. The highest BCUT2D eigenvalue weighted by molar-refractivity contribution is 6.29. The molecule has 4 heteroatoms. The maximum Gasteiger partial charge on any atom is 0.178 e. The standard InChI is InChI=1S/C15H8F2O2/c16-11-7-3-6-10(13(11)17)12-14(18)8-4-1-2-5-9(8)15(12)19/h1-7,12H. The van der Waals surface area contributed by atoms with Crippen molar-refractivity contribution in [2.45, 2.75) is 5.92 Å². The van der Waals surface area contributed by atoms with Gasteiger partial charge in [-0.15, -0.1) is 0 Å². The second-order valence-electron chi connectivity index (χ2n) is 4.35. The van der Waals surface area contributed by atoms with E-state index in [2.05, 4.69) is 0 Å². The van der Waals surface area contributed by atoms with Gasteiger partial charge in [0.15, 0.2) is 23.2 Å². The quantitative estimate of drug-likeness (QED) is 0.736. The fraction of sp³-hybridized carbons (Fsp3) is 0.0667. The molecule has 0 N–H and O–H groups in total. The maximum absolute atomic E-state index is 13.7. The summed E-state index contributed by atoms with van der Waals surface area (Å²) in [7, 11) is 0. The van der Waals surface area contributed by atoms with Crippen molar-refractivity contribution in [3.05, 3.63) is 70.8 Å². The zero-order chi connectivity index (χ0) is 13.6. The zero-order valence-corrected chi connectivity index (χ0v) is 9.69. The Morgan fingerprint density at radius 3 is 1.95 bits per heavy atom. The van der Waals surface area contributed by atoms with Gasteiger partial charge in [0.1, 0.15) is 5.92 Å². The average molecular weight is 258 g/mol. The molecule has 0 saturated heterocycles. The van der Waals surface area contributed by atoms with E-state index in [1.807, 2.05) is 0 Å². The zero-order valence-electron chi connectivity index (χ0n) is 9.69. The van der Waals surface area contributed by atoms with Crippen molar-refractivity contribution < 1.29 is 18.4 Å². The molecule has 0 saturated carbocycles. The molecule has 19 heavy (non-hydrogen) atoms. The lowest BCUT2D eigenvalue weighted by molar-refractivity contribution is 0.0887. The van der Waals surface area contributed by atoms with Crippen LogP contribution in [0.1, 0.15) is 32.2 Å². The number of carbonyl (C=O) groups is 2. The molecule has 0 heterocycles. The van der Waals surface area contributed by atoms with E-state index in [-0.39, 0.29) is 16.7 Å². The predicted molar refractivity (Wildman–Crippen MR) is 64.2 cm³/mol. The van der Waals surface area contributed by atoms with Crippen molar-refractivity contribution in [1.82, 2.24) is 0 Å². The molecule has 94 valence electrons. The molecule has 2 aromatic rings. The molecular weight excluding hydrogens is 250 g/mol. The van der Waals surface area contributed by atoms with Gasteiger partial charge in [-0.3, -0.25) is 9.59 Å². The summed E-state index contributed by atoms with van der Waals surface area (Å²) >= 11 is 0. The third kappa shape index (κ3) is 1.60. The molecule has 0 spiro atoms. The molecular formula is C15H8F2O2. The lowest BCUT2D eigenvalue weighted by atomic mass is 9.94. The van der Waals surface area contributed by atoms with E-state index in [1.54, 1.807) is 12.1 Å². The van der Waals surface area contributed by atoms with Crippen molar-refractivity contribution in [3.8, 4) is 0 Å². The Bertz CT molecular complexity index is 672. The van der Waals surface area contributed by atoms with Crippen molar-refractivity contribution in [1.29, 1.82) is 0 Å². The van der Waals surface area contributed by atoms with Gasteiger partial charge < -0.3 is 0 Å². The molecule has 2 nitrogen and oxygen atoms in total. The van der Waals surface area contributed by atoms with Crippen molar-refractivity contribution in [2.75, 3.05) is 0 Å². The van der Waals surface area contributed by atoms with Gasteiger partial charge in [-0.25, -0.2) is 8.78 Å². The number of fused-ring (bicyclic) bond motifs is 1. The van der Waals surface area contributed by atoms with E-state index in [4.69, 9.17) is 0 Å². The van der Waals surface area contributed by atoms with Gasteiger partial charge in [0, 0.05) is 16.7 Å². The van der Waals surface area contributed by atoms with Crippen LogP contribution in [0.15, 0.2) is 42.5 Å². The first-order valence-electron chi connectivity index (χ1n) is 5.72. The fourth-order valence-electron chi connectivity index (χ4n) is 2.37. The molecule has 0 aromatic heterocycles. The molecule has 1 aliphatic carbocycles. The molecule has 1 aliphatic rings. The van der Waals surface area contributed by atoms with Crippen LogP contribution >= 0.6 is 0 Å². The van der Waals surface area contributed by atoms with Crippen LogP contribution in [0, 0.1) is 11.6 Å². The fourth-order valence-corrected chi connectivity index (χ4v) is 2.37. The van der Waals surface area contributed by atoms with Crippen LogP contribution < -0.4 is 0 Å². The SMILES string of the molecule is O=C1c2ccccc2C(=O)C1c1cccc(F)c1F. The number of carbonyl (C=O) groups excluding carboxylic acids is 2. The predicted octanol–water partition coefficient (Wildman–Crippen LogP) is 3.13. The Morgan fingerprint density at radius 1 is 0.789 bits per heavy atom. The van der Waals surface area contributed by atoms with E-state index < -0.39 is 29.1 Å². The monoisotopic (exact) mass is 258 g/mol. The molecule has 0 aliphatic heterocycles. The van der Waals surface area contributed by atoms with Crippen LogP contribution in [0.4, 0.5) is 8.78 Å². The lowest BCUT2D eigenvalue weighted by Gasteiger charge is -2.08. The molecule has 0 radical (unpaired) electrons. The van der Waals surface area contributed by atoms with Crippen LogP contribution in [-0.4, -0.2) is 11.6 Å². The summed E-state index contributed by atoms with van der Waals surface area (Å²) in [4.78, 5) is 24.3. The minimum absolute atomic E-state index is 0.203. The summed E-state index contributed by atoms with van der Waals surface area (Å²) in [5, 5.41) is 0. The largest absolute Gasteiger partial charge is 0.293 e. The van der Waals surface area contributed by atoms with Crippen molar-refractivity contribution in [2.24, 2.45) is 0 Å². The Morgan fingerprint density at radius 2 is 1.37 bits per heavy atom. The average Bonchev–Trinajstić information content (AvgIpc) is 2.67. The normalized spacial score (nSPS) is 14.8. The van der Waals surface area contributed by atoms with Crippen LogP contribution in [-0.2, 0) is 0 Å². The highest BCUT2D eigenvalue weighted by Crippen LogP contribution is 2.35. The van der Waals surface area contributed by atoms with E-state index in [0.717, 1.165) is 6.07 Å². The maximum atomic E-state index is 13.7. The van der Waals surface area contributed by atoms with Crippen molar-refractivity contribution >= 4 is 11.6 Å². The Kier molecular flexibility index (Phi) is 2.52. The highest BCUT2D eigenvalue weighted by Gasteiger charge is 2.40. The third-order valence-corrected chi connectivity index (χ3v) is 3.27. The second-order valence-corrected chi connectivity index (χ2v) is 4.35. The third-order valence-electron chi connectivity index (χ3n) is 3.27. The van der Waals surface area contributed by atoms with Crippen LogP contribution in [0.25, 0.3) is 0 Å². The van der Waals surface area contributed by atoms with Gasteiger partial charge in [0.2, 0.25) is 0 Å². The number of hydrogen-bond donors (Lipinski definition) is 0. The molecule has 0 fully saturated rings. The van der Waals surface area contributed by atoms with Gasteiger partial charge in [0.05, 0.1) is 0 Å². The Balaban J connectivity index is 2.17. The molecule has 0 bridgehead atoms.